The van der Waals surface area contributed by atoms with Crippen LogP contribution in [0.2, 0.25) is 0 Å². The molecule has 1 amide bonds. The number of sulfonamides is 1. The predicted molar refractivity (Wildman–Crippen MR) is 160 cm³/mol. The van der Waals surface area contributed by atoms with Crippen LogP contribution in [0.15, 0.2) is 77.7 Å². The van der Waals surface area contributed by atoms with Crippen LogP contribution in [0, 0.1) is 23.5 Å². The molecule has 1 N–H and O–H groups in total. The Morgan fingerprint density at radius 1 is 1.07 bits per heavy atom. The third-order valence-electron chi connectivity index (χ3n) is 7.36. The second kappa shape index (κ2) is 14.3. The quantitative estimate of drug-likeness (QED) is 0.272. The molecule has 3 aromatic carbocycles. The molecule has 4 rings (SSSR count). The zero-order chi connectivity index (χ0) is 32.0. The molecule has 12 heteroatoms. The predicted octanol–water partition coefficient (Wildman–Crippen LogP) is 4.82. The van der Waals surface area contributed by atoms with Gasteiger partial charge in [0, 0.05) is 19.5 Å². The van der Waals surface area contributed by atoms with E-state index < -0.39 is 51.7 Å². The number of amides is 1. The van der Waals surface area contributed by atoms with Gasteiger partial charge in [-0.2, -0.15) is 4.31 Å². The highest BCUT2D eigenvalue weighted by atomic mass is 32.2. The van der Waals surface area contributed by atoms with Crippen molar-refractivity contribution in [1.82, 2.24) is 4.31 Å². The lowest BCUT2D eigenvalue weighted by atomic mass is 9.88. The molecule has 0 bridgehead atoms. The van der Waals surface area contributed by atoms with Gasteiger partial charge in [-0.15, -0.1) is 0 Å². The number of cyclic esters (lactones) is 1. The van der Waals surface area contributed by atoms with Crippen LogP contribution in [0.4, 0.5) is 19.3 Å². The number of carbonyl (C=O) groups excluding carboxylic acids is 2. The maximum atomic E-state index is 14.5. The molecule has 1 heterocycles. The van der Waals surface area contributed by atoms with Crippen molar-refractivity contribution < 1.29 is 41.4 Å². The number of aliphatic hydroxyl groups is 1. The Hall–Kier alpha value is -3.87. The summed E-state index contributed by atoms with van der Waals surface area (Å²) in [6.45, 7) is 3.16. The van der Waals surface area contributed by atoms with Gasteiger partial charge in [-0.25, -0.2) is 22.0 Å². The molecule has 0 radical (unpaired) electrons. The summed E-state index contributed by atoms with van der Waals surface area (Å²) in [5.41, 5.74) is 1.06. The van der Waals surface area contributed by atoms with E-state index in [0.29, 0.717) is 0 Å². The Bertz CT molecular complexity index is 1570. The van der Waals surface area contributed by atoms with Crippen LogP contribution in [0.1, 0.15) is 25.8 Å². The summed E-state index contributed by atoms with van der Waals surface area (Å²) < 4.78 is 66.8. The van der Waals surface area contributed by atoms with Crippen LogP contribution in [0.5, 0.6) is 5.75 Å². The average molecular weight is 631 g/mol. The SMILES string of the molecule is COc1ccc(S(=O)(=O)N(CC(C)C)C[C@@H](O)[C@@H](CC(=O)[C@@H]2CN(c3cccc(F)c3)C(=O)O2)Cc2ccccc2)cc1F. The number of carbonyl (C=O) groups is 2. The Balaban J connectivity index is 1.56. The van der Waals surface area contributed by atoms with Crippen LogP contribution in [0.25, 0.3) is 0 Å². The standard InChI is InChI=1S/C32H36F2N2O7S/c1-21(2)18-35(44(40,41)26-12-13-30(42-3)27(34)17-26)19-29(38)23(14-22-8-5-4-6-9-22)15-28(37)31-20-36(32(39)43-31)25-11-7-10-24(33)16-25/h4-13,16-17,21,23,29,31,38H,14-15,18-20H2,1-3H3/t23-,29-,31+/m1/s1. The number of nitrogens with zero attached hydrogens (tertiary/aromatic N) is 2. The van der Waals surface area contributed by atoms with E-state index in [1.807, 2.05) is 44.2 Å². The van der Waals surface area contributed by atoms with E-state index in [4.69, 9.17) is 9.47 Å². The number of hydrogen-bond donors (Lipinski definition) is 1. The number of aliphatic hydroxyl groups excluding tert-OH is 1. The van der Waals surface area contributed by atoms with Gasteiger partial charge in [0.2, 0.25) is 10.0 Å². The fourth-order valence-corrected chi connectivity index (χ4v) is 6.76. The fourth-order valence-electron chi connectivity index (χ4n) is 5.13. The van der Waals surface area contributed by atoms with Crippen molar-refractivity contribution >= 4 is 27.6 Å². The summed E-state index contributed by atoms with van der Waals surface area (Å²) in [4.78, 5) is 26.9. The number of halogens is 2. The number of benzene rings is 3. The van der Waals surface area contributed by atoms with Crippen molar-refractivity contribution in [2.24, 2.45) is 11.8 Å². The van der Waals surface area contributed by atoms with Crippen molar-refractivity contribution in [1.29, 1.82) is 0 Å². The number of Topliss-reactive ketones (excluding diaryl/α,β-unsaturated/α-hetero) is 1. The lowest BCUT2D eigenvalue weighted by molar-refractivity contribution is -0.127. The minimum Gasteiger partial charge on any atom is -0.494 e. The topological polar surface area (TPSA) is 113 Å². The van der Waals surface area contributed by atoms with Crippen LogP contribution < -0.4 is 9.64 Å². The van der Waals surface area contributed by atoms with E-state index in [2.05, 4.69) is 0 Å². The molecule has 0 aromatic heterocycles. The Morgan fingerprint density at radius 2 is 1.80 bits per heavy atom. The maximum Gasteiger partial charge on any atom is 0.415 e. The highest BCUT2D eigenvalue weighted by molar-refractivity contribution is 7.89. The highest BCUT2D eigenvalue weighted by Crippen LogP contribution is 2.28. The summed E-state index contributed by atoms with van der Waals surface area (Å²) >= 11 is 0. The lowest BCUT2D eigenvalue weighted by Gasteiger charge is -2.30. The summed E-state index contributed by atoms with van der Waals surface area (Å²) in [6.07, 6.45) is -3.26. The molecule has 44 heavy (non-hydrogen) atoms. The van der Waals surface area contributed by atoms with Gasteiger partial charge in [-0.3, -0.25) is 9.69 Å². The van der Waals surface area contributed by atoms with Gasteiger partial charge in [0.25, 0.3) is 0 Å². The van der Waals surface area contributed by atoms with Crippen molar-refractivity contribution in [3.8, 4) is 5.75 Å². The number of rotatable bonds is 14. The summed E-state index contributed by atoms with van der Waals surface area (Å²) in [5.74, 6) is -2.86. The van der Waals surface area contributed by atoms with Gasteiger partial charge in [0.05, 0.1) is 30.3 Å². The molecule has 1 fully saturated rings. The van der Waals surface area contributed by atoms with Crippen molar-refractivity contribution in [3.63, 3.8) is 0 Å². The summed E-state index contributed by atoms with van der Waals surface area (Å²) in [6, 6.07) is 17.8. The first kappa shape index (κ1) is 33.0. The van der Waals surface area contributed by atoms with Gasteiger partial charge < -0.3 is 14.6 Å². The molecule has 1 saturated heterocycles. The third kappa shape index (κ3) is 7.99. The number of ether oxygens (including phenoxy) is 2. The monoisotopic (exact) mass is 630 g/mol. The largest absolute Gasteiger partial charge is 0.494 e. The van der Waals surface area contributed by atoms with Crippen molar-refractivity contribution in [2.45, 2.75) is 43.8 Å². The summed E-state index contributed by atoms with van der Waals surface area (Å²) in [5, 5.41) is 11.5. The molecule has 0 aliphatic carbocycles. The zero-order valence-electron chi connectivity index (χ0n) is 24.7. The molecule has 3 aromatic rings. The van der Waals surface area contributed by atoms with Crippen LogP contribution in [-0.2, 0) is 26.0 Å². The maximum absolute atomic E-state index is 14.5. The average Bonchev–Trinajstić information content (AvgIpc) is 3.38. The first-order valence-corrected chi connectivity index (χ1v) is 15.6. The number of methoxy groups -OCH3 is 1. The number of hydrogen-bond acceptors (Lipinski definition) is 7. The van der Waals surface area contributed by atoms with Gasteiger partial charge in [0.1, 0.15) is 5.82 Å². The molecular weight excluding hydrogens is 594 g/mol. The molecule has 0 saturated carbocycles. The molecule has 0 unspecified atom stereocenters. The van der Waals surface area contributed by atoms with Gasteiger partial charge >= 0.3 is 6.09 Å². The lowest BCUT2D eigenvalue weighted by Crippen LogP contribution is -2.43. The van der Waals surface area contributed by atoms with Crippen LogP contribution in [0.3, 0.4) is 0 Å². The summed E-state index contributed by atoms with van der Waals surface area (Å²) in [7, 11) is -2.98. The first-order valence-electron chi connectivity index (χ1n) is 14.2. The second-order valence-electron chi connectivity index (χ2n) is 11.2. The highest BCUT2D eigenvalue weighted by Gasteiger charge is 2.39. The molecule has 0 spiro atoms. The third-order valence-corrected chi connectivity index (χ3v) is 9.19. The van der Waals surface area contributed by atoms with E-state index in [1.165, 1.54) is 42.3 Å². The van der Waals surface area contributed by atoms with Crippen LogP contribution in [-0.4, -0.2) is 68.7 Å². The first-order chi connectivity index (χ1) is 20.9. The Kier molecular flexibility index (Phi) is 10.7. The van der Waals surface area contributed by atoms with Gasteiger partial charge in [0.15, 0.2) is 23.5 Å². The number of anilines is 1. The van der Waals surface area contributed by atoms with E-state index >= 15 is 0 Å². The fraction of sp³-hybridized carbons (Fsp3) is 0.375. The van der Waals surface area contributed by atoms with Crippen LogP contribution >= 0.6 is 0 Å². The van der Waals surface area contributed by atoms with Crippen molar-refractivity contribution in [3.05, 3.63) is 90.0 Å². The van der Waals surface area contributed by atoms with Gasteiger partial charge in [-0.1, -0.05) is 50.2 Å². The molecule has 9 nitrogen and oxygen atoms in total. The van der Waals surface area contributed by atoms with E-state index in [9.17, 15) is 31.9 Å². The van der Waals surface area contributed by atoms with E-state index in [1.54, 1.807) is 0 Å². The van der Waals surface area contributed by atoms with Crippen molar-refractivity contribution in [2.75, 3.05) is 31.6 Å². The molecule has 236 valence electrons. The molecule has 1 aliphatic heterocycles. The molecule has 3 atom stereocenters. The number of ketones is 1. The molecule has 1 aliphatic rings. The molecular formula is C32H36F2N2O7S. The normalized spacial score (nSPS) is 16.7. The zero-order valence-corrected chi connectivity index (χ0v) is 25.5. The Labute approximate surface area is 256 Å². The van der Waals surface area contributed by atoms with Gasteiger partial charge in [-0.05, 0) is 60.2 Å². The second-order valence-corrected chi connectivity index (χ2v) is 13.1. The Morgan fingerprint density at radius 3 is 2.43 bits per heavy atom. The minimum atomic E-state index is -4.25. The van der Waals surface area contributed by atoms with E-state index in [0.717, 1.165) is 22.0 Å². The smallest absolute Gasteiger partial charge is 0.415 e. The van der Waals surface area contributed by atoms with E-state index in [-0.39, 0.29) is 54.7 Å². The minimum absolute atomic E-state index is 0.0296.